The third-order valence-corrected chi connectivity index (χ3v) is 8.44. The summed E-state index contributed by atoms with van der Waals surface area (Å²) in [5.41, 5.74) is -1.69. The molecule has 0 N–H and O–H groups in total. The van der Waals surface area contributed by atoms with Crippen LogP contribution in [0.5, 0.6) is 5.75 Å². The molecule has 12 heteroatoms. The molecular formula is C26H34F6N2O3S. The van der Waals surface area contributed by atoms with Crippen molar-refractivity contribution in [3.05, 3.63) is 41.6 Å². The number of rotatable bonds is 6. The molecule has 0 fully saturated rings. The van der Waals surface area contributed by atoms with Crippen LogP contribution in [-0.4, -0.2) is 51.1 Å². The molecule has 5 nitrogen and oxygen atoms in total. The van der Waals surface area contributed by atoms with Gasteiger partial charge in [0.1, 0.15) is 16.8 Å². The summed E-state index contributed by atoms with van der Waals surface area (Å²) in [6, 6.07) is 0.573. The van der Waals surface area contributed by atoms with Crippen molar-refractivity contribution in [1.82, 2.24) is 4.31 Å². The lowest BCUT2D eigenvalue weighted by Gasteiger charge is -2.32. The number of benzene rings is 1. The number of allylic oxidation sites excluding steroid dienone is 3. The summed E-state index contributed by atoms with van der Waals surface area (Å²) in [7, 11) is -3.21. The lowest BCUT2D eigenvalue weighted by atomic mass is 9.97. The second-order valence-corrected chi connectivity index (χ2v) is 13.3. The summed E-state index contributed by atoms with van der Waals surface area (Å²) >= 11 is 0. The SMILES string of the molecule is CC1C=C(N2C[C@@H](CCC(C)(F)F)N(C)S(=O)(=O)c3cc(OCC(C)(C)C)c(C(F)(F)F)cc32)C=CC1F. The lowest BCUT2D eigenvalue weighted by molar-refractivity contribution is -0.139. The summed E-state index contributed by atoms with van der Waals surface area (Å²) in [5.74, 6) is -4.36. The van der Waals surface area contributed by atoms with Gasteiger partial charge in [-0.25, -0.2) is 21.6 Å². The Hall–Kier alpha value is -2.21. The molecule has 1 aliphatic carbocycles. The van der Waals surface area contributed by atoms with Crippen molar-refractivity contribution in [2.24, 2.45) is 11.3 Å². The van der Waals surface area contributed by atoms with E-state index < -0.39 is 68.3 Å². The van der Waals surface area contributed by atoms with Gasteiger partial charge in [-0.3, -0.25) is 0 Å². The number of likely N-dealkylation sites (N-methyl/N-ethyl adjacent to an activating group) is 1. The third kappa shape index (κ3) is 6.86. The molecule has 3 atom stereocenters. The highest BCUT2D eigenvalue weighted by Gasteiger charge is 2.43. The normalized spacial score (nSPS) is 24.6. The number of hydrogen-bond acceptors (Lipinski definition) is 4. The highest BCUT2D eigenvalue weighted by atomic mass is 32.2. The zero-order valence-electron chi connectivity index (χ0n) is 22.2. The minimum absolute atomic E-state index is 0.119. The number of sulfonamides is 1. The van der Waals surface area contributed by atoms with E-state index >= 15 is 0 Å². The second-order valence-electron chi connectivity index (χ2n) is 11.3. The van der Waals surface area contributed by atoms with Crippen molar-refractivity contribution in [3.8, 4) is 5.75 Å². The Morgan fingerprint density at radius 1 is 1.08 bits per heavy atom. The Kier molecular flexibility index (Phi) is 8.30. The minimum atomic E-state index is -4.88. The quantitative estimate of drug-likeness (QED) is 0.354. The van der Waals surface area contributed by atoms with Gasteiger partial charge >= 0.3 is 6.18 Å². The van der Waals surface area contributed by atoms with Gasteiger partial charge in [0.15, 0.2) is 0 Å². The molecule has 0 amide bonds. The number of halogens is 6. The molecule has 0 bridgehead atoms. The summed E-state index contributed by atoms with van der Waals surface area (Å²) in [5, 5.41) is 0. The highest BCUT2D eigenvalue weighted by molar-refractivity contribution is 7.89. The predicted octanol–water partition coefficient (Wildman–Crippen LogP) is 6.80. The minimum Gasteiger partial charge on any atom is -0.492 e. The molecule has 1 aromatic carbocycles. The van der Waals surface area contributed by atoms with Gasteiger partial charge in [-0.2, -0.15) is 17.5 Å². The van der Waals surface area contributed by atoms with E-state index in [0.29, 0.717) is 6.92 Å². The maximum Gasteiger partial charge on any atom is 0.420 e. The van der Waals surface area contributed by atoms with E-state index in [9.17, 15) is 34.8 Å². The average Bonchev–Trinajstić information content (AvgIpc) is 2.84. The Morgan fingerprint density at radius 2 is 1.71 bits per heavy atom. The van der Waals surface area contributed by atoms with E-state index in [-0.39, 0.29) is 31.0 Å². The molecule has 1 heterocycles. The average molecular weight is 569 g/mol. The van der Waals surface area contributed by atoms with Crippen molar-refractivity contribution in [3.63, 3.8) is 0 Å². The number of anilines is 1. The van der Waals surface area contributed by atoms with E-state index in [2.05, 4.69) is 0 Å². The fourth-order valence-corrected chi connectivity index (χ4v) is 5.84. The van der Waals surface area contributed by atoms with Crippen LogP contribution in [0.2, 0.25) is 0 Å². The number of fused-ring (bicyclic) bond motifs is 1. The van der Waals surface area contributed by atoms with Gasteiger partial charge in [-0.05, 0) is 37.0 Å². The Balaban J connectivity index is 2.26. The monoisotopic (exact) mass is 568 g/mol. The molecule has 0 radical (unpaired) electrons. The molecule has 214 valence electrons. The molecule has 3 rings (SSSR count). The maximum absolute atomic E-state index is 14.2. The van der Waals surface area contributed by atoms with Gasteiger partial charge in [0.05, 0.1) is 17.9 Å². The van der Waals surface area contributed by atoms with Crippen LogP contribution in [0.15, 0.2) is 41.0 Å². The maximum atomic E-state index is 14.2. The van der Waals surface area contributed by atoms with Crippen molar-refractivity contribution in [1.29, 1.82) is 0 Å². The Morgan fingerprint density at radius 3 is 2.24 bits per heavy atom. The van der Waals surface area contributed by atoms with Gasteiger partial charge < -0.3 is 9.64 Å². The van der Waals surface area contributed by atoms with E-state index in [1.54, 1.807) is 27.7 Å². The summed E-state index contributed by atoms with van der Waals surface area (Å²) in [4.78, 5) is 0.892. The van der Waals surface area contributed by atoms with Gasteiger partial charge in [0.25, 0.3) is 0 Å². The molecule has 1 aliphatic heterocycles. The smallest absolute Gasteiger partial charge is 0.420 e. The van der Waals surface area contributed by atoms with Gasteiger partial charge in [0, 0.05) is 43.7 Å². The van der Waals surface area contributed by atoms with Crippen molar-refractivity contribution in [2.75, 3.05) is 25.1 Å². The second kappa shape index (κ2) is 10.4. The fourth-order valence-electron chi connectivity index (χ4n) is 4.28. The van der Waals surface area contributed by atoms with Crippen LogP contribution in [-0.2, 0) is 16.2 Å². The Labute approximate surface area is 220 Å². The third-order valence-electron chi connectivity index (χ3n) is 6.50. The van der Waals surface area contributed by atoms with Crippen LogP contribution in [0.3, 0.4) is 0 Å². The predicted molar refractivity (Wildman–Crippen MR) is 134 cm³/mol. The molecule has 2 unspecified atom stereocenters. The molecule has 0 aromatic heterocycles. The van der Waals surface area contributed by atoms with Gasteiger partial charge in [-0.1, -0.05) is 33.8 Å². The van der Waals surface area contributed by atoms with Crippen LogP contribution in [0.25, 0.3) is 0 Å². The standard InChI is InChI=1S/C26H34F6N2O3S/c1-16-11-17(7-8-20(16)27)34-14-18(9-10-25(5,28)29)33(6)38(35,36)23-13-22(37-15-24(2,3)4)19(12-21(23)34)26(30,31)32/h7-8,11-13,16,18,20H,9-10,14-15H2,1-6H3/t16?,18-,20?/m1/s1. The number of hydrogen-bond donors (Lipinski definition) is 0. The number of nitrogens with zero attached hydrogens (tertiary/aromatic N) is 2. The zero-order chi connectivity index (χ0) is 28.8. The van der Waals surface area contributed by atoms with E-state index in [1.807, 2.05) is 0 Å². The van der Waals surface area contributed by atoms with E-state index in [0.717, 1.165) is 16.4 Å². The van der Waals surface area contributed by atoms with Crippen LogP contribution >= 0.6 is 0 Å². The van der Waals surface area contributed by atoms with E-state index in [1.165, 1.54) is 30.2 Å². The van der Waals surface area contributed by atoms with E-state index in [4.69, 9.17) is 4.74 Å². The van der Waals surface area contributed by atoms with Gasteiger partial charge in [-0.15, -0.1) is 0 Å². The summed E-state index contributed by atoms with van der Waals surface area (Å²) in [6.45, 7) is 7.23. The summed E-state index contributed by atoms with van der Waals surface area (Å²) in [6.07, 6.45) is -2.99. The Bertz CT molecular complexity index is 1200. The first-order valence-corrected chi connectivity index (χ1v) is 13.7. The first-order chi connectivity index (χ1) is 17.2. The fraction of sp³-hybridized carbons (Fsp3) is 0.615. The van der Waals surface area contributed by atoms with Gasteiger partial charge in [0.2, 0.25) is 15.9 Å². The lowest BCUT2D eigenvalue weighted by Crippen LogP contribution is -2.42. The first kappa shape index (κ1) is 30.3. The molecule has 0 saturated carbocycles. The van der Waals surface area contributed by atoms with Crippen LogP contribution in [0, 0.1) is 11.3 Å². The van der Waals surface area contributed by atoms with Crippen LogP contribution < -0.4 is 9.64 Å². The molecule has 38 heavy (non-hydrogen) atoms. The van der Waals surface area contributed by atoms with Crippen LogP contribution in [0.1, 0.15) is 53.0 Å². The van der Waals surface area contributed by atoms with Crippen LogP contribution in [0.4, 0.5) is 32.0 Å². The highest BCUT2D eigenvalue weighted by Crippen LogP contribution is 2.45. The molecule has 0 spiro atoms. The molecular weight excluding hydrogens is 534 g/mol. The number of alkyl halides is 6. The molecule has 1 aromatic rings. The topological polar surface area (TPSA) is 49.9 Å². The first-order valence-electron chi connectivity index (χ1n) is 12.3. The largest absolute Gasteiger partial charge is 0.492 e. The molecule has 2 aliphatic rings. The van der Waals surface area contributed by atoms with Crippen molar-refractivity contribution < 1.29 is 39.5 Å². The summed E-state index contributed by atoms with van der Waals surface area (Å²) < 4.78 is 118. The van der Waals surface area contributed by atoms with Crippen molar-refractivity contribution in [2.45, 2.75) is 76.7 Å². The number of ether oxygens (including phenoxy) is 1. The van der Waals surface area contributed by atoms with Crippen molar-refractivity contribution >= 4 is 15.7 Å². The molecule has 0 saturated heterocycles. The zero-order valence-corrected chi connectivity index (χ0v) is 23.1.